The lowest BCUT2D eigenvalue weighted by Crippen LogP contribution is -2.09. The molecule has 3 nitrogen and oxygen atoms in total. The molecule has 7 heteroatoms. The zero-order valence-corrected chi connectivity index (χ0v) is 14.1. The summed E-state index contributed by atoms with van der Waals surface area (Å²) < 4.78 is 39.8. The van der Waals surface area contributed by atoms with Gasteiger partial charge in [0.2, 0.25) is 0 Å². The number of aromatic nitrogens is 2. The van der Waals surface area contributed by atoms with Crippen LogP contribution in [0.4, 0.5) is 24.7 Å². The van der Waals surface area contributed by atoms with E-state index >= 15 is 0 Å². The van der Waals surface area contributed by atoms with E-state index in [0.29, 0.717) is 16.0 Å². The molecule has 4 rings (SSSR count). The molecule has 130 valence electrons. The molecule has 0 unspecified atom stereocenters. The lowest BCUT2D eigenvalue weighted by molar-refractivity contribution is -0.136. The second-order valence-electron chi connectivity index (χ2n) is 5.59. The number of thiophene rings is 1. The highest BCUT2D eigenvalue weighted by atomic mass is 32.1. The number of hydrogen-bond acceptors (Lipinski definition) is 4. The fraction of sp³-hybridized carbons (Fsp3) is 0.0526. The van der Waals surface area contributed by atoms with Crippen LogP contribution in [0.5, 0.6) is 0 Å². The Hall–Kier alpha value is -2.93. The SMILES string of the molecule is FC(F)(F)c1ccccc1Nc1ncnc2scc(-c3ccccc3)c12. The van der Waals surface area contributed by atoms with Crippen LogP contribution in [0.3, 0.4) is 0 Å². The summed E-state index contributed by atoms with van der Waals surface area (Å²) in [6.45, 7) is 0. The normalized spacial score (nSPS) is 11.7. The maximum atomic E-state index is 13.3. The van der Waals surface area contributed by atoms with Gasteiger partial charge in [-0.15, -0.1) is 11.3 Å². The first-order valence-corrected chi connectivity index (χ1v) is 8.63. The third-order valence-corrected chi connectivity index (χ3v) is 4.83. The molecule has 0 aliphatic heterocycles. The van der Waals surface area contributed by atoms with Gasteiger partial charge in [-0.05, 0) is 17.7 Å². The summed E-state index contributed by atoms with van der Waals surface area (Å²) in [5.74, 6) is 0.354. The predicted octanol–water partition coefficient (Wildman–Crippen LogP) is 6.12. The predicted molar refractivity (Wildman–Crippen MR) is 97.6 cm³/mol. The Morgan fingerprint density at radius 2 is 1.62 bits per heavy atom. The van der Waals surface area contributed by atoms with Gasteiger partial charge in [0.25, 0.3) is 0 Å². The number of nitrogens with zero attached hydrogens (tertiary/aromatic N) is 2. The van der Waals surface area contributed by atoms with Crippen molar-refractivity contribution in [1.82, 2.24) is 9.97 Å². The smallest absolute Gasteiger partial charge is 0.339 e. The van der Waals surface area contributed by atoms with Crippen LogP contribution in [0.2, 0.25) is 0 Å². The van der Waals surface area contributed by atoms with Crippen molar-refractivity contribution in [3.8, 4) is 11.1 Å². The van der Waals surface area contributed by atoms with Gasteiger partial charge in [-0.25, -0.2) is 9.97 Å². The summed E-state index contributed by atoms with van der Waals surface area (Å²) >= 11 is 1.43. The molecule has 0 amide bonds. The Kier molecular flexibility index (Phi) is 4.08. The number of benzene rings is 2. The highest BCUT2D eigenvalue weighted by Gasteiger charge is 2.33. The topological polar surface area (TPSA) is 37.8 Å². The van der Waals surface area contributed by atoms with Gasteiger partial charge in [0.05, 0.1) is 16.6 Å². The van der Waals surface area contributed by atoms with Gasteiger partial charge < -0.3 is 5.32 Å². The minimum absolute atomic E-state index is 0.0368. The molecule has 0 saturated heterocycles. The van der Waals surface area contributed by atoms with Crippen molar-refractivity contribution in [2.45, 2.75) is 6.18 Å². The van der Waals surface area contributed by atoms with Crippen LogP contribution in [-0.2, 0) is 6.18 Å². The van der Waals surface area contributed by atoms with E-state index in [1.54, 1.807) is 6.07 Å². The molecule has 0 atom stereocenters. The summed E-state index contributed by atoms with van der Waals surface area (Å²) in [6, 6.07) is 15.0. The number of nitrogens with one attached hydrogen (secondary N) is 1. The van der Waals surface area contributed by atoms with Gasteiger partial charge in [0.15, 0.2) is 0 Å². The van der Waals surface area contributed by atoms with Crippen LogP contribution < -0.4 is 5.32 Å². The van der Waals surface area contributed by atoms with E-state index in [4.69, 9.17) is 0 Å². The lowest BCUT2D eigenvalue weighted by atomic mass is 10.1. The summed E-state index contributed by atoms with van der Waals surface area (Å²) in [7, 11) is 0. The largest absolute Gasteiger partial charge is 0.418 e. The molecule has 0 bridgehead atoms. The van der Waals surface area contributed by atoms with Crippen molar-refractivity contribution in [1.29, 1.82) is 0 Å². The van der Waals surface area contributed by atoms with Gasteiger partial charge in [-0.3, -0.25) is 0 Å². The lowest BCUT2D eigenvalue weighted by Gasteiger charge is -2.14. The second kappa shape index (κ2) is 6.42. The van der Waals surface area contributed by atoms with E-state index in [9.17, 15) is 13.2 Å². The molecule has 4 aromatic rings. The minimum Gasteiger partial charge on any atom is -0.339 e. The van der Waals surface area contributed by atoms with Crippen LogP contribution in [-0.4, -0.2) is 9.97 Å². The van der Waals surface area contributed by atoms with Crippen molar-refractivity contribution in [3.63, 3.8) is 0 Å². The maximum Gasteiger partial charge on any atom is 0.418 e. The van der Waals surface area contributed by atoms with Crippen molar-refractivity contribution in [2.24, 2.45) is 0 Å². The van der Waals surface area contributed by atoms with Crippen molar-refractivity contribution in [2.75, 3.05) is 5.32 Å². The van der Waals surface area contributed by atoms with Gasteiger partial charge in [0.1, 0.15) is 17.0 Å². The minimum atomic E-state index is -4.45. The van der Waals surface area contributed by atoms with Gasteiger partial charge in [-0.2, -0.15) is 13.2 Å². The molecule has 0 saturated carbocycles. The highest BCUT2D eigenvalue weighted by Crippen LogP contribution is 2.40. The standard InChI is InChI=1S/C19H12F3N3S/c20-19(21,22)14-8-4-5-9-15(14)25-17-16-13(12-6-2-1-3-7-12)10-26-18(16)24-11-23-17/h1-11H,(H,23,24,25). The summed E-state index contributed by atoms with van der Waals surface area (Å²) in [5, 5.41) is 5.50. The average Bonchev–Trinajstić information content (AvgIpc) is 3.07. The molecule has 0 aliphatic rings. The van der Waals surface area contributed by atoms with Gasteiger partial charge in [0, 0.05) is 10.9 Å². The van der Waals surface area contributed by atoms with Crippen LogP contribution in [0, 0.1) is 0 Å². The number of alkyl halides is 3. The molecule has 0 radical (unpaired) electrons. The number of fused-ring (bicyclic) bond motifs is 1. The molecular weight excluding hydrogens is 359 g/mol. The number of rotatable bonds is 3. The first-order chi connectivity index (χ1) is 12.5. The monoisotopic (exact) mass is 371 g/mol. The van der Waals surface area contributed by atoms with Crippen LogP contribution in [0.15, 0.2) is 66.3 Å². The summed E-state index contributed by atoms with van der Waals surface area (Å²) in [4.78, 5) is 9.16. The van der Waals surface area contributed by atoms with Crippen LogP contribution in [0.1, 0.15) is 5.56 Å². The number of halogens is 3. The Balaban J connectivity index is 1.85. The van der Waals surface area contributed by atoms with E-state index in [1.165, 1.54) is 29.8 Å². The second-order valence-corrected chi connectivity index (χ2v) is 6.44. The third kappa shape index (κ3) is 3.01. The molecule has 2 heterocycles. The number of para-hydroxylation sites is 1. The Morgan fingerprint density at radius 3 is 2.38 bits per heavy atom. The first kappa shape index (κ1) is 16.5. The summed E-state index contributed by atoms with van der Waals surface area (Å²) in [5.41, 5.74) is 1.08. The van der Waals surface area contributed by atoms with Gasteiger partial charge >= 0.3 is 6.18 Å². The van der Waals surface area contributed by atoms with E-state index in [0.717, 1.165) is 17.2 Å². The quantitative estimate of drug-likeness (QED) is 0.471. The molecule has 2 aromatic carbocycles. The molecular formula is C19H12F3N3S. The third-order valence-electron chi connectivity index (χ3n) is 3.94. The van der Waals surface area contributed by atoms with Crippen molar-refractivity contribution in [3.05, 3.63) is 71.9 Å². The van der Waals surface area contributed by atoms with Crippen molar-refractivity contribution >= 4 is 33.1 Å². The van der Waals surface area contributed by atoms with E-state index in [2.05, 4.69) is 15.3 Å². The Labute approximate surface area is 151 Å². The van der Waals surface area contributed by atoms with E-state index in [1.807, 2.05) is 35.7 Å². The fourth-order valence-electron chi connectivity index (χ4n) is 2.77. The zero-order chi connectivity index (χ0) is 18.1. The molecule has 0 spiro atoms. The molecule has 0 aliphatic carbocycles. The Morgan fingerprint density at radius 1 is 0.885 bits per heavy atom. The van der Waals surface area contributed by atoms with Gasteiger partial charge in [-0.1, -0.05) is 42.5 Å². The molecule has 26 heavy (non-hydrogen) atoms. The first-order valence-electron chi connectivity index (χ1n) is 7.75. The fourth-order valence-corrected chi connectivity index (χ4v) is 3.68. The molecule has 2 aromatic heterocycles. The van der Waals surface area contributed by atoms with Crippen LogP contribution >= 0.6 is 11.3 Å². The highest BCUT2D eigenvalue weighted by molar-refractivity contribution is 7.17. The van der Waals surface area contributed by atoms with E-state index in [-0.39, 0.29) is 5.69 Å². The molecule has 0 fully saturated rings. The van der Waals surface area contributed by atoms with Crippen molar-refractivity contribution < 1.29 is 13.2 Å². The summed E-state index contributed by atoms with van der Waals surface area (Å²) in [6.07, 6.45) is -3.10. The number of anilines is 2. The van der Waals surface area contributed by atoms with E-state index < -0.39 is 11.7 Å². The maximum absolute atomic E-state index is 13.3. The zero-order valence-electron chi connectivity index (χ0n) is 13.3. The van der Waals surface area contributed by atoms with Crippen LogP contribution in [0.25, 0.3) is 21.3 Å². The Bertz CT molecular complexity index is 1060. The average molecular weight is 371 g/mol. The molecule has 1 N–H and O–H groups in total. The number of hydrogen-bond donors (Lipinski definition) is 1.